The van der Waals surface area contributed by atoms with Crippen LogP contribution in [0.25, 0.3) is 0 Å². The molecule has 1 N–H and O–H groups in total. The second-order valence-electron chi connectivity index (χ2n) is 3.70. The molecule has 0 saturated heterocycles. The van der Waals surface area contributed by atoms with E-state index in [1.54, 1.807) is 4.90 Å². The van der Waals surface area contributed by atoms with Crippen molar-refractivity contribution in [3.05, 3.63) is 34.3 Å². The Hall–Kier alpha value is -1.31. The molecule has 0 aliphatic heterocycles. The largest absolute Gasteiger partial charge is 0.480 e. The number of hydrogen-bond acceptors (Lipinski definition) is 2. The third kappa shape index (κ3) is 3.88. The van der Waals surface area contributed by atoms with Crippen molar-refractivity contribution in [3.63, 3.8) is 0 Å². The smallest absolute Gasteiger partial charge is 0.317 e. The van der Waals surface area contributed by atoms with Crippen molar-refractivity contribution in [2.75, 3.05) is 13.1 Å². The summed E-state index contributed by atoms with van der Waals surface area (Å²) in [6.07, 6.45) is 5.26. The van der Waals surface area contributed by atoms with Gasteiger partial charge in [-0.2, -0.15) is 0 Å². The van der Waals surface area contributed by atoms with Crippen molar-refractivity contribution in [3.8, 4) is 12.3 Å². The Kier molecular flexibility index (Phi) is 5.20. The maximum atomic E-state index is 10.8. The first-order chi connectivity index (χ1) is 8.06. The molecule has 3 nitrogen and oxygen atoms in total. The van der Waals surface area contributed by atoms with Crippen LogP contribution in [0.4, 0.5) is 0 Å². The number of aliphatic carboxylic acids is 1. The molecule has 1 atom stereocenters. The first kappa shape index (κ1) is 13.8. The van der Waals surface area contributed by atoms with Crippen LogP contribution < -0.4 is 0 Å². The van der Waals surface area contributed by atoms with Crippen molar-refractivity contribution in [2.24, 2.45) is 0 Å². The third-order valence-corrected chi connectivity index (χ3v) is 3.26. The second-order valence-corrected chi connectivity index (χ2v) is 4.55. The molecule has 0 bridgehead atoms. The lowest BCUT2D eigenvalue weighted by atomic mass is 10.1. The summed E-state index contributed by atoms with van der Waals surface area (Å²) in [7, 11) is 0. The van der Waals surface area contributed by atoms with Crippen LogP contribution in [0.3, 0.4) is 0 Å². The van der Waals surface area contributed by atoms with E-state index in [0.29, 0.717) is 6.54 Å². The van der Waals surface area contributed by atoms with Crippen molar-refractivity contribution in [1.29, 1.82) is 0 Å². The molecule has 4 heteroatoms. The first-order valence-corrected chi connectivity index (χ1v) is 5.99. The van der Waals surface area contributed by atoms with E-state index in [4.69, 9.17) is 11.5 Å². The van der Waals surface area contributed by atoms with E-state index in [-0.39, 0.29) is 12.6 Å². The average molecular weight is 296 g/mol. The quantitative estimate of drug-likeness (QED) is 0.849. The number of carboxylic acid groups (broad SMARTS) is 1. The molecule has 0 spiro atoms. The lowest BCUT2D eigenvalue weighted by Crippen LogP contribution is -2.32. The van der Waals surface area contributed by atoms with Crippen LogP contribution in [0.15, 0.2) is 28.7 Å². The lowest BCUT2D eigenvalue weighted by molar-refractivity contribution is -0.138. The van der Waals surface area contributed by atoms with Crippen LogP contribution in [0.1, 0.15) is 18.5 Å². The number of hydrogen-bond donors (Lipinski definition) is 1. The Morgan fingerprint density at radius 2 is 2.24 bits per heavy atom. The van der Waals surface area contributed by atoms with Crippen LogP contribution in [0.5, 0.6) is 0 Å². The van der Waals surface area contributed by atoms with Gasteiger partial charge < -0.3 is 5.11 Å². The van der Waals surface area contributed by atoms with E-state index in [1.807, 2.05) is 31.2 Å². The zero-order valence-electron chi connectivity index (χ0n) is 9.56. The number of halogens is 1. The number of benzene rings is 1. The van der Waals surface area contributed by atoms with E-state index in [2.05, 4.69) is 21.9 Å². The Labute approximate surface area is 110 Å². The van der Waals surface area contributed by atoms with E-state index in [0.717, 1.165) is 10.0 Å². The fourth-order valence-corrected chi connectivity index (χ4v) is 2.25. The Balaban J connectivity index is 2.92. The summed E-state index contributed by atoms with van der Waals surface area (Å²) < 4.78 is 0.958. The standard InChI is InChI=1S/C13H14BrNO2/c1-3-8-15(9-13(16)17)10(2)11-6-4-5-7-12(11)14/h1,4-7,10H,8-9H2,2H3,(H,16,17). The van der Waals surface area contributed by atoms with Gasteiger partial charge in [0.15, 0.2) is 0 Å². The highest BCUT2D eigenvalue weighted by Gasteiger charge is 2.19. The summed E-state index contributed by atoms with van der Waals surface area (Å²) in [6, 6.07) is 7.69. The SMILES string of the molecule is C#CCN(CC(=O)O)C(C)c1ccccc1Br. The first-order valence-electron chi connectivity index (χ1n) is 5.20. The minimum absolute atomic E-state index is 0.0438. The third-order valence-electron chi connectivity index (χ3n) is 2.54. The highest BCUT2D eigenvalue weighted by atomic mass is 79.9. The van der Waals surface area contributed by atoms with E-state index in [1.165, 1.54) is 0 Å². The zero-order chi connectivity index (χ0) is 12.8. The number of carbonyl (C=O) groups is 1. The molecule has 0 fully saturated rings. The molecule has 0 saturated carbocycles. The predicted molar refractivity (Wildman–Crippen MR) is 70.6 cm³/mol. The molecular weight excluding hydrogens is 282 g/mol. The van der Waals surface area contributed by atoms with Gasteiger partial charge in [0.25, 0.3) is 0 Å². The fraction of sp³-hybridized carbons (Fsp3) is 0.308. The zero-order valence-corrected chi connectivity index (χ0v) is 11.1. The maximum Gasteiger partial charge on any atom is 0.317 e. The van der Waals surface area contributed by atoms with E-state index < -0.39 is 5.97 Å². The summed E-state index contributed by atoms with van der Waals surface area (Å²) in [6.45, 7) is 2.20. The second kappa shape index (κ2) is 6.43. The number of terminal acetylenes is 1. The van der Waals surface area contributed by atoms with Gasteiger partial charge in [-0.05, 0) is 18.6 Å². The molecule has 90 valence electrons. The molecule has 1 unspecified atom stereocenters. The van der Waals surface area contributed by atoms with Gasteiger partial charge in [0.2, 0.25) is 0 Å². The Morgan fingerprint density at radius 1 is 1.59 bits per heavy atom. The molecule has 1 aromatic rings. The minimum atomic E-state index is -0.876. The van der Waals surface area contributed by atoms with Gasteiger partial charge in [0.05, 0.1) is 13.1 Å². The van der Waals surface area contributed by atoms with E-state index >= 15 is 0 Å². The number of carboxylic acids is 1. The molecule has 0 radical (unpaired) electrons. The Morgan fingerprint density at radius 3 is 2.76 bits per heavy atom. The molecule has 0 aliphatic carbocycles. The van der Waals surface area contributed by atoms with Crippen LogP contribution in [0, 0.1) is 12.3 Å². The topological polar surface area (TPSA) is 40.5 Å². The van der Waals surface area contributed by atoms with Gasteiger partial charge in [-0.3, -0.25) is 9.69 Å². The van der Waals surface area contributed by atoms with Gasteiger partial charge in [0.1, 0.15) is 0 Å². The highest BCUT2D eigenvalue weighted by molar-refractivity contribution is 9.10. The van der Waals surface area contributed by atoms with Gasteiger partial charge in [-0.15, -0.1) is 6.42 Å². The average Bonchev–Trinajstić information content (AvgIpc) is 2.28. The molecule has 0 amide bonds. The summed E-state index contributed by atoms with van der Waals surface area (Å²) >= 11 is 3.46. The lowest BCUT2D eigenvalue weighted by Gasteiger charge is -2.26. The monoisotopic (exact) mass is 295 g/mol. The summed E-state index contributed by atoms with van der Waals surface area (Å²) in [5.74, 6) is 1.61. The van der Waals surface area contributed by atoms with Crippen molar-refractivity contribution in [1.82, 2.24) is 4.90 Å². The number of nitrogens with zero attached hydrogens (tertiary/aromatic N) is 1. The minimum Gasteiger partial charge on any atom is -0.480 e. The summed E-state index contributed by atoms with van der Waals surface area (Å²) in [5, 5.41) is 8.85. The van der Waals surface area contributed by atoms with Gasteiger partial charge >= 0.3 is 5.97 Å². The van der Waals surface area contributed by atoms with Crippen LogP contribution >= 0.6 is 15.9 Å². The van der Waals surface area contributed by atoms with E-state index in [9.17, 15) is 4.79 Å². The van der Waals surface area contributed by atoms with Crippen LogP contribution in [-0.2, 0) is 4.79 Å². The number of rotatable bonds is 5. The summed E-state index contributed by atoms with van der Waals surface area (Å²) in [5.41, 5.74) is 1.03. The van der Waals surface area contributed by atoms with Gasteiger partial charge in [-0.25, -0.2) is 0 Å². The molecular formula is C13H14BrNO2. The molecule has 0 heterocycles. The maximum absolute atomic E-state index is 10.8. The van der Waals surface area contributed by atoms with Crippen molar-refractivity contribution in [2.45, 2.75) is 13.0 Å². The van der Waals surface area contributed by atoms with Crippen LogP contribution in [0.2, 0.25) is 0 Å². The van der Waals surface area contributed by atoms with Gasteiger partial charge in [-0.1, -0.05) is 40.0 Å². The fourth-order valence-electron chi connectivity index (χ4n) is 1.63. The summed E-state index contributed by atoms with van der Waals surface area (Å²) in [4.78, 5) is 12.5. The molecule has 1 rings (SSSR count). The molecule has 17 heavy (non-hydrogen) atoms. The molecule has 1 aromatic carbocycles. The Bertz CT molecular complexity index is 439. The highest BCUT2D eigenvalue weighted by Crippen LogP contribution is 2.26. The van der Waals surface area contributed by atoms with Crippen LogP contribution in [-0.4, -0.2) is 29.1 Å². The molecule has 0 aliphatic rings. The predicted octanol–water partition coefficient (Wildman–Crippen LogP) is 2.53. The van der Waals surface area contributed by atoms with Gasteiger partial charge in [0, 0.05) is 10.5 Å². The van der Waals surface area contributed by atoms with Crippen molar-refractivity contribution >= 4 is 21.9 Å². The van der Waals surface area contributed by atoms with Crippen molar-refractivity contribution < 1.29 is 9.90 Å². The normalized spacial score (nSPS) is 12.1. The molecule has 0 aromatic heterocycles.